The van der Waals surface area contributed by atoms with Gasteiger partial charge < -0.3 is 19.9 Å². The van der Waals surface area contributed by atoms with Crippen LogP contribution in [-0.2, 0) is 14.2 Å². The SMILES string of the molecule is CCOCCN(CCOCC)CC1COCC1N. The second kappa shape index (κ2) is 9.69. The average Bonchev–Trinajstić information content (AvgIpc) is 2.75. The Balaban J connectivity index is 2.27. The van der Waals surface area contributed by atoms with E-state index in [1.165, 1.54) is 0 Å². The minimum Gasteiger partial charge on any atom is -0.380 e. The Morgan fingerprint density at radius 2 is 1.72 bits per heavy atom. The predicted octanol–water partition coefficient (Wildman–Crippen LogP) is 0.335. The van der Waals surface area contributed by atoms with Crippen LogP contribution in [0.15, 0.2) is 0 Å². The molecular formula is C13H28N2O3. The first kappa shape index (κ1) is 15.9. The number of nitrogens with zero attached hydrogens (tertiary/aromatic N) is 1. The molecule has 2 atom stereocenters. The van der Waals surface area contributed by atoms with Crippen molar-refractivity contribution in [2.75, 3.05) is 59.3 Å². The third-order valence-electron chi connectivity index (χ3n) is 3.25. The van der Waals surface area contributed by atoms with Gasteiger partial charge in [-0.15, -0.1) is 0 Å². The molecule has 0 aromatic heterocycles. The molecule has 1 aliphatic rings. The molecular weight excluding hydrogens is 232 g/mol. The van der Waals surface area contributed by atoms with Gasteiger partial charge in [-0.1, -0.05) is 0 Å². The van der Waals surface area contributed by atoms with Crippen LogP contribution < -0.4 is 5.73 Å². The van der Waals surface area contributed by atoms with Gasteiger partial charge in [0.05, 0.1) is 26.4 Å². The number of hydrogen-bond acceptors (Lipinski definition) is 5. The summed E-state index contributed by atoms with van der Waals surface area (Å²) in [7, 11) is 0. The summed E-state index contributed by atoms with van der Waals surface area (Å²) in [6.45, 7) is 11.4. The summed E-state index contributed by atoms with van der Waals surface area (Å²) in [5.41, 5.74) is 6.02. The smallest absolute Gasteiger partial charge is 0.0621 e. The summed E-state index contributed by atoms with van der Waals surface area (Å²) in [6.07, 6.45) is 0. The Bertz CT molecular complexity index is 195. The maximum Gasteiger partial charge on any atom is 0.0621 e. The molecule has 0 saturated carbocycles. The minimum absolute atomic E-state index is 0.173. The predicted molar refractivity (Wildman–Crippen MR) is 71.7 cm³/mol. The van der Waals surface area contributed by atoms with E-state index in [-0.39, 0.29) is 6.04 Å². The normalized spacial score (nSPS) is 24.0. The Morgan fingerprint density at radius 3 is 2.17 bits per heavy atom. The van der Waals surface area contributed by atoms with Crippen LogP contribution in [0.3, 0.4) is 0 Å². The van der Waals surface area contributed by atoms with E-state index < -0.39 is 0 Å². The monoisotopic (exact) mass is 260 g/mol. The molecule has 18 heavy (non-hydrogen) atoms. The van der Waals surface area contributed by atoms with Gasteiger partial charge in [0.2, 0.25) is 0 Å². The van der Waals surface area contributed by atoms with Crippen molar-refractivity contribution in [1.29, 1.82) is 0 Å². The summed E-state index contributed by atoms with van der Waals surface area (Å²) in [5, 5.41) is 0. The fraction of sp³-hybridized carbons (Fsp3) is 1.00. The second-order valence-electron chi connectivity index (χ2n) is 4.66. The zero-order valence-corrected chi connectivity index (χ0v) is 11.8. The van der Waals surface area contributed by atoms with Gasteiger partial charge in [0.15, 0.2) is 0 Å². The molecule has 0 radical (unpaired) electrons. The molecule has 5 heteroatoms. The topological polar surface area (TPSA) is 57.0 Å². The lowest BCUT2D eigenvalue weighted by Gasteiger charge is -2.26. The maximum atomic E-state index is 6.02. The zero-order chi connectivity index (χ0) is 13.2. The summed E-state index contributed by atoms with van der Waals surface area (Å²) >= 11 is 0. The largest absolute Gasteiger partial charge is 0.380 e. The van der Waals surface area contributed by atoms with Gasteiger partial charge in [0, 0.05) is 44.8 Å². The summed E-state index contributed by atoms with van der Waals surface area (Å²) in [6, 6.07) is 0.173. The first-order chi connectivity index (χ1) is 8.77. The molecule has 1 rings (SSSR count). The van der Waals surface area contributed by atoms with E-state index in [9.17, 15) is 0 Å². The number of ether oxygens (including phenoxy) is 3. The van der Waals surface area contributed by atoms with Crippen molar-refractivity contribution in [3.63, 3.8) is 0 Å². The first-order valence-electron chi connectivity index (χ1n) is 6.99. The fourth-order valence-corrected chi connectivity index (χ4v) is 2.11. The van der Waals surface area contributed by atoms with E-state index in [0.29, 0.717) is 12.5 Å². The van der Waals surface area contributed by atoms with Crippen LogP contribution in [0.5, 0.6) is 0 Å². The first-order valence-corrected chi connectivity index (χ1v) is 6.99. The molecule has 0 aromatic carbocycles. The Kier molecular flexibility index (Phi) is 8.54. The Hall–Kier alpha value is -0.200. The molecule has 0 amide bonds. The minimum atomic E-state index is 0.173. The van der Waals surface area contributed by atoms with E-state index in [1.807, 2.05) is 13.8 Å². The Labute approximate surface area is 111 Å². The van der Waals surface area contributed by atoms with E-state index in [2.05, 4.69) is 4.90 Å². The lowest BCUT2D eigenvalue weighted by molar-refractivity contribution is 0.0730. The maximum absolute atomic E-state index is 6.02. The van der Waals surface area contributed by atoms with Crippen LogP contribution in [0, 0.1) is 5.92 Å². The molecule has 108 valence electrons. The number of nitrogens with two attached hydrogens (primary N) is 1. The lowest BCUT2D eigenvalue weighted by Crippen LogP contribution is -2.41. The fourth-order valence-electron chi connectivity index (χ4n) is 2.11. The second-order valence-corrected chi connectivity index (χ2v) is 4.66. The molecule has 1 heterocycles. The van der Waals surface area contributed by atoms with Crippen LogP contribution in [0.2, 0.25) is 0 Å². The average molecular weight is 260 g/mol. The van der Waals surface area contributed by atoms with E-state index in [1.54, 1.807) is 0 Å². The summed E-state index contributed by atoms with van der Waals surface area (Å²) < 4.78 is 16.2. The van der Waals surface area contributed by atoms with Crippen molar-refractivity contribution < 1.29 is 14.2 Å². The van der Waals surface area contributed by atoms with Gasteiger partial charge in [-0.05, 0) is 13.8 Å². The highest BCUT2D eigenvalue weighted by molar-refractivity contribution is 4.80. The molecule has 5 nitrogen and oxygen atoms in total. The van der Waals surface area contributed by atoms with Crippen molar-refractivity contribution in [2.45, 2.75) is 19.9 Å². The Morgan fingerprint density at radius 1 is 1.11 bits per heavy atom. The molecule has 1 saturated heterocycles. The van der Waals surface area contributed by atoms with Gasteiger partial charge in [0.1, 0.15) is 0 Å². The molecule has 2 N–H and O–H groups in total. The van der Waals surface area contributed by atoms with Crippen LogP contribution in [0.4, 0.5) is 0 Å². The molecule has 0 aliphatic carbocycles. The van der Waals surface area contributed by atoms with Crippen molar-refractivity contribution in [3.8, 4) is 0 Å². The van der Waals surface area contributed by atoms with Crippen LogP contribution >= 0.6 is 0 Å². The zero-order valence-electron chi connectivity index (χ0n) is 11.8. The van der Waals surface area contributed by atoms with Gasteiger partial charge in [-0.3, -0.25) is 4.90 Å². The van der Waals surface area contributed by atoms with Crippen molar-refractivity contribution in [2.24, 2.45) is 11.7 Å². The van der Waals surface area contributed by atoms with Crippen molar-refractivity contribution >= 4 is 0 Å². The van der Waals surface area contributed by atoms with E-state index in [4.69, 9.17) is 19.9 Å². The summed E-state index contributed by atoms with van der Waals surface area (Å²) in [4.78, 5) is 2.37. The van der Waals surface area contributed by atoms with Gasteiger partial charge in [-0.25, -0.2) is 0 Å². The molecule has 0 bridgehead atoms. The third-order valence-corrected chi connectivity index (χ3v) is 3.25. The van der Waals surface area contributed by atoms with Gasteiger partial charge in [0.25, 0.3) is 0 Å². The molecule has 0 spiro atoms. The van der Waals surface area contributed by atoms with E-state index in [0.717, 1.165) is 52.7 Å². The van der Waals surface area contributed by atoms with Crippen LogP contribution in [0.25, 0.3) is 0 Å². The molecule has 1 fully saturated rings. The quantitative estimate of drug-likeness (QED) is 0.574. The number of hydrogen-bond donors (Lipinski definition) is 1. The third kappa shape index (κ3) is 6.11. The highest BCUT2D eigenvalue weighted by Crippen LogP contribution is 2.13. The highest BCUT2D eigenvalue weighted by Gasteiger charge is 2.26. The van der Waals surface area contributed by atoms with Crippen molar-refractivity contribution in [3.05, 3.63) is 0 Å². The lowest BCUT2D eigenvalue weighted by atomic mass is 10.0. The van der Waals surface area contributed by atoms with Crippen LogP contribution in [-0.4, -0.2) is 70.2 Å². The van der Waals surface area contributed by atoms with Crippen LogP contribution in [0.1, 0.15) is 13.8 Å². The van der Waals surface area contributed by atoms with Gasteiger partial charge in [-0.2, -0.15) is 0 Å². The standard InChI is InChI=1S/C13H28N2O3/c1-3-16-7-5-15(6-8-17-4-2)9-12-10-18-11-13(12)14/h12-13H,3-11,14H2,1-2H3. The molecule has 1 aliphatic heterocycles. The summed E-state index contributed by atoms with van der Waals surface area (Å²) in [5.74, 6) is 0.438. The highest BCUT2D eigenvalue weighted by atomic mass is 16.5. The van der Waals surface area contributed by atoms with Gasteiger partial charge >= 0.3 is 0 Å². The molecule has 0 aromatic rings. The van der Waals surface area contributed by atoms with E-state index >= 15 is 0 Å². The number of rotatable bonds is 10. The van der Waals surface area contributed by atoms with Crippen molar-refractivity contribution in [1.82, 2.24) is 4.90 Å². The molecule has 2 unspecified atom stereocenters.